The third-order valence-corrected chi connectivity index (χ3v) is 6.94. The van der Waals surface area contributed by atoms with E-state index in [-0.39, 0.29) is 18.2 Å². The van der Waals surface area contributed by atoms with Crippen LogP contribution in [0.4, 0.5) is 5.82 Å². The van der Waals surface area contributed by atoms with Crippen molar-refractivity contribution in [1.82, 2.24) is 14.5 Å². The molecule has 2 saturated heterocycles. The fourth-order valence-corrected chi connectivity index (χ4v) is 5.49. The largest absolute Gasteiger partial charge is 0.395 e. The lowest BCUT2D eigenvalue weighted by Crippen LogP contribution is -2.48. The molecule has 0 spiro atoms. The lowest BCUT2D eigenvalue weighted by atomic mass is 9.83. The second kappa shape index (κ2) is 7.86. The smallest absolute Gasteiger partial charge is 0.255 e. The summed E-state index contributed by atoms with van der Waals surface area (Å²) in [5.41, 5.74) is 2.51. The Morgan fingerprint density at radius 3 is 2.93 bits per heavy atom. The van der Waals surface area contributed by atoms with E-state index in [4.69, 9.17) is 5.26 Å². The Labute approximate surface area is 176 Å². The number of piperidine rings is 1. The molecule has 0 radical (unpaired) electrons. The molecule has 2 fully saturated rings. The molecule has 5 rings (SSSR count). The van der Waals surface area contributed by atoms with E-state index in [0.717, 1.165) is 62.5 Å². The van der Waals surface area contributed by atoms with Gasteiger partial charge in [-0.3, -0.25) is 9.69 Å². The SMILES string of the molecule is N#Cc1cccc(N2C[C@@H]3C[C@H](C2)c2ccc(CN4CCC[C@@H]4CO)c(=O)n2C3)n1. The average molecular weight is 406 g/mol. The Kier molecular flexibility index (Phi) is 5.05. The van der Waals surface area contributed by atoms with Gasteiger partial charge in [0.2, 0.25) is 0 Å². The van der Waals surface area contributed by atoms with Crippen molar-refractivity contribution in [3.63, 3.8) is 0 Å². The van der Waals surface area contributed by atoms with Gasteiger partial charge >= 0.3 is 0 Å². The highest BCUT2D eigenvalue weighted by Gasteiger charge is 2.36. The molecule has 3 aliphatic rings. The van der Waals surface area contributed by atoms with Crippen molar-refractivity contribution < 1.29 is 5.11 Å². The molecule has 1 N–H and O–H groups in total. The molecule has 7 heteroatoms. The molecule has 156 valence electrons. The molecule has 0 saturated carbocycles. The standard InChI is InChI=1S/C23H27N5O2/c24-10-19-3-1-5-22(25-19)27-11-16-9-18(14-27)21-7-6-17(23(30)28(21)12-16)13-26-8-2-4-20(26)15-29/h1,3,5-7,16,18,20,29H,2,4,8-9,11-15H2/t16-,18+,20+/m0/s1. The molecule has 3 aliphatic heterocycles. The fraction of sp³-hybridized carbons (Fsp3) is 0.522. The zero-order valence-corrected chi connectivity index (χ0v) is 17.1. The van der Waals surface area contributed by atoms with Gasteiger partial charge in [-0.2, -0.15) is 5.26 Å². The van der Waals surface area contributed by atoms with Crippen LogP contribution in [0.25, 0.3) is 0 Å². The van der Waals surface area contributed by atoms with Gasteiger partial charge in [0.1, 0.15) is 17.6 Å². The number of aromatic nitrogens is 2. The Morgan fingerprint density at radius 2 is 2.10 bits per heavy atom. The van der Waals surface area contributed by atoms with Crippen LogP contribution in [0.3, 0.4) is 0 Å². The average Bonchev–Trinajstić information content (AvgIpc) is 3.23. The van der Waals surface area contributed by atoms with Crippen molar-refractivity contribution in [3.05, 3.63) is 57.6 Å². The highest BCUT2D eigenvalue weighted by atomic mass is 16.3. The van der Waals surface area contributed by atoms with Crippen LogP contribution in [0.1, 0.15) is 42.1 Å². The topological polar surface area (TPSA) is 85.4 Å². The van der Waals surface area contributed by atoms with E-state index in [2.05, 4.69) is 26.9 Å². The van der Waals surface area contributed by atoms with Crippen LogP contribution in [0.5, 0.6) is 0 Å². The Bertz CT molecular complexity index is 1040. The number of hydrogen-bond donors (Lipinski definition) is 1. The third kappa shape index (κ3) is 3.40. The van der Waals surface area contributed by atoms with Gasteiger partial charge in [-0.1, -0.05) is 12.1 Å². The van der Waals surface area contributed by atoms with Crippen LogP contribution in [0.2, 0.25) is 0 Å². The highest BCUT2D eigenvalue weighted by molar-refractivity contribution is 5.43. The second-order valence-corrected chi connectivity index (χ2v) is 8.84. The van der Waals surface area contributed by atoms with Gasteiger partial charge in [0.25, 0.3) is 5.56 Å². The summed E-state index contributed by atoms with van der Waals surface area (Å²) < 4.78 is 1.99. The van der Waals surface area contributed by atoms with Crippen LogP contribution in [0, 0.1) is 17.2 Å². The fourth-order valence-electron chi connectivity index (χ4n) is 5.49. The second-order valence-electron chi connectivity index (χ2n) is 8.84. The number of likely N-dealkylation sites (tertiary alicyclic amines) is 1. The maximum Gasteiger partial charge on any atom is 0.255 e. The van der Waals surface area contributed by atoms with Crippen LogP contribution in [-0.4, -0.2) is 51.8 Å². The zero-order valence-electron chi connectivity index (χ0n) is 17.1. The van der Waals surface area contributed by atoms with Crippen molar-refractivity contribution in [1.29, 1.82) is 5.26 Å². The predicted molar refractivity (Wildman–Crippen MR) is 113 cm³/mol. The van der Waals surface area contributed by atoms with Crippen molar-refractivity contribution in [2.75, 3.05) is 31.1 Å². The van der Waals surface area contributed by atoms with E-state index in [9.17, 15) is 9.90 Å². The monoisotopic (exact) mass is 405 g/mol. The van der Waals surface area contributed by atoms with E-state index < -0.39 is 0 Å². The maximum atomic E-state index is 13.3. The summed E-state index contributed by atoms with van der Waals surface area (Å²) in [5.74, 6) is 1.54. The first-order valence-corrected chi connectivity index (χ1v) is 10.9. The predicted octanol–water partition coefficient (Wildman–Crippen LogP) is 1.70. The Balaban J connectivity index is 1.40. The van der Waals surface area contributed by atoms with Crippen molar-refractivity contribution in [3.8, 4) is 6.07 Å². The van der Waals surface area contributed by atoms with E-state index in [1.807, 2.05) is 22.8 Å². The van der Waals surface area contributed by atoms with E-state index in [0.29, 0.717) is 24.1 Å². The van der Waals surface area contributed by atoms with Gasteiger partial charge in [-0.15, -0.1) is 0 Å². The number of anilines is 1. The summed E-state index contributed by atoms with van der Waals surface area (Å²) >= 11 is 0. The minimum Gasteiger partial charge on any atom is -0.395 e. The summed E-state index contributed by atoms with van der Waals surface area (Å²) in [4.78, 5) is 22.2. The number of aliphatic hydroxyl groups is 1. The first kappa shape index (κ1) is 19.3. The van der Waals surface area contributed by atoms with Gasteiger partial charge in [-0.25, -0.2) is 4.98 Å². The quantitative estimate of drug-likeness (QED) is 0.833. The third-order valence-electron chi connectivity index (χ3n) is 6.94. The van der Waals surface area contributed by atoms with E-state index in [1.165, 1.54) is 0 Å². The number of aliphatic hydroxyl groups excluding tert-OH is 1. The summed E-state index contributed by atoms with van der Waals surface area (Å²) in [5, 5.41) is 18.7. The van der Waals surface area contributed by atoms with Crippen molar-refractivity contribution >= 4 is 5.82 Å². The molecule has 2 bridgehead atoms. The van der Waals surface area contributed by atoms with Gasteiger partial charge in [0, 0.05) is 49.4 Å². The number of pyridine rings is 2. The molecule has 5 heterocycles. The molecule has 0 aromatic carbocycles. The minimum atomic E-state index is 0.129. The Hall–Kier alpha value is -2.69. The number of nitriles is 1. The van der Waals surface area contributed by atoms with Crippen LogP contribution < -0.4 is 10.5 Å². The Morgan fingerprint density at radius 1 is 1.20 bits per heavy atom. The molecule has 0 amide bonds. The van der Waals surface area contributed by atoms with Gasteiger partial charge in [0.15, 0.2) is 0 Å². The van der Waals surface area contributed by atoms with Gasteiger partial charge in [0.05, 0.1) is 6.61 Å². The van der Waals surface area contributed by atoms with Crippen LogP contribution >= 0.6 is 0 Å². The first-order valence-electron chi connectivity index (χ1n) is 10.9. The first-order chi connectivity index (χ1) is 14.7. The van der Waals surface area contributed by atoms with Crippen LogP contribution in [0.15, 0.2) is 35.1 Å². The number of fused-ring (bicyclic) bond motifs is 4. The summed E-state index contributed by atoms with van der Waals surface area (Å²) in [6, 6.07) is 12.0. The number of nitrogens with zero attached hydrogens (tertiary/aromatic N) is 5. The molecular formula is C23H27N5O2. The van der Waals surface area contributed by atoms with E-state index in [1.54, 1.807) is 6.07 Å². The van der Waals surface area contributed by atoms with E-state index >= 15 is 0 Å². The molecule has 2 aromatic heterocycles. The van der Waals surface area contributed by atoms with Crippen LogP contribution in [-0.2, 0) is 13.1 Å². The molecule has 0 unspecified atom stereocenters. The van der Waals surface area contributed by atoms with Crippen molar-refractivity contribution in [2.45, 2.75) is 44.3 Å². The summed E-state index contributed by atoms with van der Waals surface area (Å²) in [6.45, 7) is 4.13. The molecule has 3 atom stereocenters. The van der Waals surface area contributed by atoms with Gasteiger partial charge < -0.3 is 14.6 Å². The lowest BCUT2D eigenvalue weighted by Gasteiger charge is -2.43. The molecular weight excluding hydrogens is 378 g/mol. The normalized spacial score (nSPS) is 25.7. The lowest BCUT2D eigenvalue weighted by molar-refractivity contribution is 0.153. The summed E-state index contributed by atoms with van der Waals surface area (Å²) in [6.07, 6.45) is 3.17. The molecule has 2 aromatic rings. The van der Waals surface area contributed by atoms with Crippen molar-refractivity contribution in [2.24, 2.45) is 5.92 Å². The number of hydrogen-bond acceptors (Lipinski definition) is 6. The molecule has 30 heavy (non-hydrogen) atoms. The molecule has 0 aliphatic carbocycles. The highest BCUT2D eigenvalue weighted by Crippen LogP contribution is 2.36. The zero-order chi connectivity index (χ0) is 20.7. The van der Waals surface area contributed by atoms with Gasteiger partial charge in [-0.05, 0) is 49.9 Å². The minimum absolute atomic E-state index is 0.129. The molecule has 7 nitrogen and oxygen atoms in total. The maximum absolute atomic E-state index is 13.3. The number of rotatable bonds is 4. The summed E-state index contributed by atoms with van der Waals surface area (Å²) in [7, 11) is 0.